The molecule has 2 aliphatic rings. The third-order valence-corrected chi connectivity index (χ3v) is 1.56. The lowest BCUT2D eigenvalue weighted by Gasteiger charge is -2.29. The fraction of sp³-hybridized carbons (Fsp3) is 0.750. The Morgan fingerprint density at radius 2 is 2.20 bits per heavy atom. The fourth-order valence-corrected chi connectivity index (χ4v) is 1.07. The average Bonchev–Trinajstić information content (AvgIpc) is 2.36. The zero-order valence-electron chi connectivity index (χ0n) is 5.35. The SMILES string of the molecule is O=C1NCNC2NCNN12. The Kier molecular flexibility index (Phi) is 1.23. The topological polar surface area (TPSA) is 68.4 Å². The Morgan fingerprint density at radius 3 is 3.00 bits per heavy atom. The van der Waals surface area contributed by atoms with E-state index in [1.165, 1.54) is 5.01 Å². The number of urea groups is 1. The summed E-state index contributed by atoms with van der Waals surface area (Å²) >= 11 is 0. The van der Waals surface area contributed by atoms with Crippen molar-refractivity contribution in [2.45, 2.75) is 6.29 Å². The third-order valence-electron chi connectivity index (χ3n) is 1.56. The van der Waals surface area contributed by atoms with E-state index in [0.717, 1.165) is 0 Å². The molecule has 1 unspecified atom stereocenters. The van der Waals surface area contributed by atoms with Crippen molar-refractivity contribution in [2.75, 3.05) is 13.3 Å². The Morgan fingerprint density at radius 1 is 1.40 bits per heavy atom. The predicted octanol–water partition coefficient (Wildman–Crippen LogP) is -2.09. The van der Waals surface area contributed by atoms with E-state index in [1.54, 1.807) is 0 Å². The first-order valence-corrected chi connectivity index (χ1v) is 3.15. The molecule has 2 aliphatic heterocycles. The van der Waals surface area contributed by atoms with E-state index in [-0.39, 0.29) is 12.3 Å². The number of nitrogens with one attached hydrogen (secondary N) is 4. The molecule has 2 heterocycles. The Balaban J connectivity index is 2.10. The second-order valence-corrected chi connectivity index (χ2v) is 2.17. The van der Waals surface area contributed by atoms with Crippen molar-refractivity contribution in [1.82, 2.24) is 26.4 Å². The molecule has 0 aliphatic carbocycles. The molecule has 4 N–H and O–H groups in total. The number of nitrogens with zero attached hydrogens (tertiary/aromatic N) is 1. The summed E-state index contributed by atoms with van der Waals surface area (Å²) in [5.41, 5.74) is 2.86. The summed E-state index contributed by atoms with van der Waals surface area (Å²) in [6.07, 6.45) is -0.0475. The van der Waals surface area contributed by atoms with Crippen molar-refractivity contribution >= 4 is 6.03 Å². The van der Waals surface area contributed by atoms with E-state index in [2.05, 4.69) is 21.4 Å². The average molecular weight is 143 g/mol. The normalized spacial score (nSPS) is 31.8. The monoisotopic (exact) mass is 143 g/mol. The van der Waals surface area contributed by atoms with Gasteiger partial charge < -0.3 is 5.32 Å². The van der Waals surface area contributed by atoms with Crippen LogP contribution in [0.1, 0.15) is 0 Å². The number of hydrogen-bond acceptors (Lipinski definition) is 4. The van der Waals surface area contributed by atoms with Crippen LogP contribution < -0.4 is 21.4 Å². The summed E-state index contributed by atoms with van der Waals surface area (Å²) in [6.45, 7) is 1.15. The van der Waals surface area contributed by atoms with Gasteiger partial charge >= 0.3 is 6.03 Å². The van der Waals surface area contributed by atoms with E-state index < -0.39 is 0 Å². The van der Waals surface area contributed by atoms with E-state index in [9.17, 15) is 4.79 Å². The lowest BCUT2D eigenvalue weighted by atomic mass is 10.6. The Bertz CT molecular complexity index is 160. The standard InChI is InChI=1S/C4H9N5O/c10-4-7-1-5-3-6-2-8-9(3)4/h3,5-6,8H,1-2H2,(H,7,10). The molecule has 0 aromatic heterocycles. The lowest BCUT2D eigenvalue weighted by molar-refractivity contribution is 0.132. The maximum Gasteiger partial charge on any atom is 0.335 e. The van der Waals surface area contributed by atoms with Crippen LogP contribution in [-0.2, 0) is 0 Å². The molecular weight excluding hydrogens is 134 g/mol. The molecule has 2 saturated heterocycles. The van der Waals surface area contributed by atoms with Crippen molar-refractivity contribution in [2.24, 2.45) is 0 Å². The smallest absolute Gasteiger partial charge is 0.324 e. The van der Waals surface area contributed by atoms with Crippen LogP contribution in [0.15, 0.2) is 0 Å². The minimum atomic E-state index is -0.0891. The number of fused-ring (bicyclic) bond motifs is 1. The summed E-state index contributed by atoms with van der Waals surface area (Å²) in [7, 11) is 0. The molecule has 0 aromatic carbocycles. The molecule has 0 radical (unpaired) electrons. The van der Waals surface area contributed by atoms with Gasteiger partial charge in [0.15, 0.2) is 6.29 Å². The van der Waals surface area contributed by atoms with Crippen LogP contribution in [0.25, 0.3) is 0 Å². The highest BCUT2D eigenvalue weighted by Crippen LogP contribution is 1.97. The molecule has 2 rings (SSSR count). The van der Waals surface area contributed by atoms with Gasteiger partial charge in [-0.3, -0.25) is 10.6 Å². The van der Waals surface area contributed by atoms with Crippen molar-refractivity contribution in [3.63, 3.8) is 0 Å². The summed E-state index contributed by atoms with van der Waals surface area (Å²) in [6, 6.07) is -0.0891. The van der Waals surface area contributed by atoms with E-state index >= 15 is 0 Å². The first-order chi connectivity index (χ1) is 4.88. The largest absolute Gasteiger partial charge is 0.335 e. The fourth-order valence-electron chi connectivity index (χ4n) is 1.07. The van der Waals surface area contributed by atoms with Gasteiger partial charge in [-0.05, 0) is 0 Å². The van der Waals surface area contributed by atoms with Crippen molar-refractivity contribution in [3.05, 3.63) is 0 Å². The lowest BCUT2D eigenvalue weighted by Crippen LogP contribution is -2.63. The van der Waals surface area contributed by atoms with E-state index in [0.29, 0.717) is 13.3 Å². The second kappa shape index (κ2) is 2.08. The molecule has 10 heavy (non-hydrogen) atoms. The molecule has 2 amide bonds. The highest BCUT2D eigenvalue weighted by molar-refractivity contribution is 5.74. The van der Waals surface area contributed by atoms with Crippen molar-refractivity contribution in [1.29, 1.82) is 0 Å². The number of hydrazine groups is 1. The van der Waals surface area contributed by atoms with Crippen LogP contribution in [-0.4, -0.2) is 30.7 Å². The number of carbonyl (C=O) groups excluding carboxylic acids is 1. The Hall–Kier alpha value is -0.850. The minimum Gasteiger partial charge on any atom is -0.324 e. The van der Waals surface area contributed by atoms with Gasteiger partial charge in [-0.25, -0.2) is 15.2 Å². The zero-order valence-corrected chi connectivity index (χ0v) is 5.35. The molecule has 0 aromatic rings. The first-order valence-electron chi connectivity index (χ1n) is 3.15. The highest BCUT2D eigenvalue weighted by Gasteiger charge is 2.30. The predicted molar refractivity (Wildman–Crippen MR) is 33.3 cm³/mol. The van der Waals surface area contributed by atoms with Gasteiger partial charge in [-0.1, -0.05) is 0 Å². The van der Waals surface area contributed by atoms with Crippen LogP contribution in [0.4, 0.5) is 4.79 Å². The molecular formula is C4H9N5O. The zero-order chi connectivity index (χ0) is 6.97. The van der Waals surface area contributed by atoms with Gasteiger partial charge in [0, 0.05) is 0 Å². The molecule has 0 spiro atoms. The van der Waals surface area contributed by atoms with Gasteiger partial charge in [0.25, 0.3) is 0 Å². The maximum atomic E-state index is 10.9. The van der Waals surface area contributed by atoms with Crippen LogP contribution in [0, 0.1) is 0 Å². The molecule has 2 fully saturated rings. The molecule has 1 atom stereocenters. The van der Waals surface area contributed by atoms with Crippen LogP contribution >= 0.6 is 0 Å². The van der Waals surface area contributed by atoms with Gasteiger partial charge in [0.2, 0.25) is 0 Å². The number of rotatable bonds is 0. The summed E-state index contributed by atoms with van der Waals surface area (Å²) in [5.74, 6) is 0. The van der Waals surface area contributed by atoms with Crippen LogP contribution in [0.2, 0.25) is 0 Å². The van der Waals surface area contributed by atoms with Crippen LogP contribution in [0.5, 0.6) is 0 Å². The number of hydrogen-bond donors (Lipinski definition) is 4. The van der Waals surface area contributed by atoms with Crippen molar-refractivity contribution in [3.8, 4) is 0 Å². The summed E-state index contributed by atoms with van der Waals surface area (Å²) in [4.78, 5) is 10.9. The van der Waals surface area contributed by atoms with E-state index in [4.69, 9.17) is 0 Å². The van der Waals surface area contributed by atoms with Gasteiger partial charge in [-0.15, -0.1) is 0 Å². The van der Waals surface area contributed by atoms with Gasteiger partial charge in [0.1, 0.15) is 0 Å². The highest BCUT2D eigenvalue weighted by atomic mass is 16.2. The molecule has 6 heteroatoms. The quantitative estimate of drug-likeness (QED) is 0.314. The molecule has 0 bridgehead atoms. The minimum absolute atomic E-state index is 0.0475. The third kappa shape index (κ3) is 0.737. The number of amides is 2. The van der Waals surface area contributed by atoms with Crippen LogP contribution in [0.3, 0.4) is 0 Å². The van der Waals surface area contributed by atoms with E-state index in [1.807, 2.05) is 0 Å². The first kappa shape index (κ1) is 5.90. The van der Waals surface area contributed by atoms with Gasteiger partial charge in [0.05, 0.1) is 13.3 Å². The van der Waals surface area contributed by atoms with Crippen molar-refractivity contribution < 1.29 is 4.79 Å². The summed E-state index contributed by atoms with van der Waals surface area (Å²) in [5, 5.41) is 10.2. The molecule has 0 saturated carbocycles. The second-order valence-electron chi connectivity index (χ2n) is 2.17. The number of carbonyl (C=O) groups is 1. The maximum absolute atomic E-state index is 10.9. The molecule has 56 valence electrons. The summed E-state index contributed by atoms with van der Waals surface area (Å²) < 4.78 is 0. The Labute approximate surface area is 57.9 Å². The molecule has 6 nitrogen and oxygen atoms in total. The van der Waals surface area contributed by atoms with Gasteiger partial charge in [-0.2, -0.15) is 0 Å².